The second-order valence-corrected chi connectivity index (χ2v) is 2.57. The number of ether oxygens (including phenoxy) is 1. The molecule has 0 spiro atoms. The number of rotatable bonds is 4. The van der Waals surface area contributed by atoms with Crippen LogP contribution in [0.15, 0.2) is 0 Å². The molecule has 0 bridgehead atoms. The van der Waals surface area contributed by atoms with Crippen LogP contribution in [-0.4, -0.2) is 12.2 Å². The third kappa shape index (κ3) is 4.46. The molecule has 0 fully saturated rings. The van der Waals surface area contributed by atoms with Crippen molar-refractivity contribution in [3.63, 3.8) is 0 Å². The van der Waals surface area contributed by atoms with Gasteiger partial charge in [-0.1, -0.05) is 13.8 Å². The topological polar surface area (TPSA) is 9.23 Å². The fourth-order valence-electron chi connectivity index (χ4n) is 0.589. The minimum Gasteiger partial charge on any atom is -0.376 e. The summed E-state index contributed by atoms with van der Waals surface area (Å²) >= 11 is 0. The second-order valence-electron chi connectivity index (χ2n) is 2.57. The van der Waals surface area contributed by atoms with Crippen molar-refractivity contribution in [3.8, 4) is 0 Å². The fraction of sp³-hybridized carbons (Fsp3) is 1.00. The maximum atomic E-state index is 5.55. The summed E-state index contributed by atoms with van der Waals surface area (Å²) in [4.78, 5) is 0. The lowest BCUT2D eigenvalue weighted by atomic mass is 10.3. The van der Waals surface area contributed by atoms with E-state index in [1.54, 1.807) is 0 Å². The first-order valence-corrected chi connectivity index (χ1v) is 3.86. The molecular formula is C8H18O. The number of hydrogen-bond acceptors (Lipinski definition) is 1. The molecular weight excluding hydrogens is 112 g/mol. The molecule has 0 saturated carbocycles. The Bertz CT molecular complexity index is 53.6. The molecule has 0 N–H and O–H groups in total. The molecule has 0 unspecified atom stereocenters. The average Bonchev–Trinajstić information content (AvgIpc) is 1.87. The summed E-state index contributed by atoms with van der Waals surface area (Å²) in [5.41, 5.74) is 0. The van der Waals surface area contributed by atoms with E-state index in [0.29, 0.717) is 12.2 Å². The molecule has 0 saturated heterocycles. The monoisotopic (exact) mass is 130 g/mol. The first-order valence-electron chi connectivity index (χ1n) is 3.86. The summed E-state index contributed by atoms with van der Waals surface area (Å²) in [5, 5.41) is 0. The van der Waals surface area contributed by atoms with Crippen molar-refractivity contribution >= 4 is 0 Å². The summed E-state index contributed by atoms with van der Waals surface area (Å²) in [6.07, 6.45) is 3.09. The minimum atomic E-state index is 0.431. The van der Waals surface area contributed by atoms with Crippen molar-refractivity contribution in [1.29, 1.82) is 0 Å². The van der Waals surface area contributed by atoms with E-state index in [9.17, 15) is 0 Å². The predicted molar refractivity (Wildman–Crippen MR) is 40.6 cm³/mol. The van der Waals surface area contributed by atoms with Crippen LogP contribution < -0.4 is 0 Å². The zero-order chi connectivity index (χ0) is 7.28. The van der Waals surface area contributed by atoms with Crippen molar-refractivity contribution < 1.29 is 4.74 Å². The fourth-order valence-corrected chi connectivity index (χ4v) is 0.589. The van der Waals surface area contributed by atoms with E-state index in [2.05, 4.69) is 27.7 Å². The molecule has 9 heavy (non-hydrogen) atoms. The van der Waals surface area contributed by atoms with Gasteiger partial charge in [-0.2, -0.15) is 0 Å². The highest BCUT2D eigenvalue weighted by Gasteiger charge is 2.02. The lowest BCUT2D eigenvalue weighted by Gasteiger charge is -2.15. The largest absolute Gasteiger partial charge is 0.376 e. The Labute approximate surface area is 58.4 Å². The van der Waals surface area contributed by atoms with Crippen LogP contribution in [0.2, 0.25) is 0 Å². The van der Waals surface area contributed by atoms with E-state index in [-0.39, 0.29) is 0 Å². The lowest BCUT2D eigenvalue weighted by molar-refractivity contribution is 0.00511. The zero-order valence-corrected chi connectivity index (χ0v) is 6.98. The van der Waals surface area contributed by atoms with Gasteiger partial charge in [0, 0.05) is 0 Å². The Morgan fingerprint density at radius 2 is 1.33 bits per heavy atom. The molecule has 0 aliphatic heterocycles. The third-order valence-corrected chi connectivity index (χ3v) is 1.61. The van der Waals surface area contributed by atoms with Crippen LogP contribution >= 0.6 is 0 Å². The average molecular weight is 130 g/mol. The van der Waals surface area contributed by atoms with Gasteiger partial charge in [-0.05, 0) is 26.7 Å². The van der Waals surface area contributed by atoms with Gasteiger partial charge in [0.05, 0.1) is 12.2 Å². The summed E-state index contributed by atoms with van der Waals surface area (Å²) in [5.74, 6) is 0. The van der Waals surface area contributed by atoms with Gasteiger partial charge in [0.2, 0.25) is 0 Å². The van der Waals surface area contributed by atoms with E-state index in [1.807, 2.05) is 0 Å². The summed E-state index contributed by atoms with van der Waals surface area (Å²) in [7, 11) is 0. The molecule has 0 aliphatic rings. The smallest absolute Gasteiger partial charge is 0.0548 e. The van der Waals surface area contributed by atoms with E-state index in [4.69, 9.17) is 4.74 Å². The van der Waals surface area contributed by atoms with Crippen LogP contribution in [0.1, 0.15) is 40.5 Å². The SMILES string of the molecule is CC[C@@H](C)O[C@H](C)CC. The highest BCUT2D eigenvalue weighted by molar-refractivity contribution is 4.50. The highest BCUT2D eigenvalue weighted by atomic mass is 16.5. The maximum absolute atomic E-state index is 5.55. The van der Waals surface area contributed by atoms with E-state index >= 15 is 0 Å². The standard InChI is InChI=1S/C8H18O/c1-5-7(3)9-8(4)6-2/h7-8H,5-6H2,1-4H3/t7-,8-/m1/s1. The molecule has 0 aromatic carbocycles. The molecule has 0 heterocycles. The van der Waals surface area contributed by atoms with Crippen molar-refractivity contribution in [2.24, 2.45) is 0 Å². The normalized spacial score (nSPS) is 17.3. The van der Waals surface area contributed by atoms with Gasteiger partial charge in [-0.15, -0.1) is 0 Å². The minimum absolute atomic E-state index is 0.431. The molecule has 0 aromatic rings. The van der Waals surface area contributed by atoms with Gasteiger partial charge in [0.25, 0.3) is 0 Å². The number of hydrogen-bond donors (Lipinski definition) is 0. The molecule has 0 radical (unpaired) electrons. The van der Waals surface area contributed by atoms with Gasteiger partial charge in [0.1, 0.15) is 0 Å². The quantitative estimate of drug-likeness (QED) is 0.568. The predicted octanol–water partition coefficient (Wildman–Crippen LogP) is 2.60. The first-order chi connectivity index (χ1) is 4.20. The van der Waals surface area contributed by atoms with Crippen LogP contribution in [0.3, 0.4) is 0 Å². The Hall–Kier alpha value is -0.0400. The van der Waals surface area contributed by atoms with Crippen molar-refractivity contribution in [3.05, 3.63) is 0 Å². The van der Waals surface area contributed by atoms with Crippen LogP contribution in [0.5, 0.6) is 0 Å². The van der Waals surface area contributed by atoms with Crippen LogP contribution in [0, 0.1) is 0 Å². The summed E-state index contributed by atoms with van der Waals surface area (Å²) in [6, 6.07) is 0. The van der Waals surface area contributed by atoms with Gasteiger partial charge in [-0.25, -0.2) is 0 Å². The van der Waals surface area contributed by atoms with Gasteiger partial charge >= 0.3 is 0 Å². The molecule has 0 amide bonds. The second kappa shape index (κ2) is 4.80. The van der Waals surface area contributed by atoms with Crippen LogP contribution in [0.25, 0.3) is 0 Å². The molecule has 56 valence electrons. The van der Waals surface area contributed by atoms with Gasteiger partial charge in [0.15, 0.2) is 0 Å². The molecule has 0 aromatic heterocycles. The Morgan fingerprint density at radius 3 is 1.56 bits per heavy atom. The van der Waals surface area contributed by atoms with Crippen LogP contribution in [0.4, 0.5) is 0 Å². The molecule has 1 nitrogen and oxygen atoms in total. The Morgan fingerprint density at radius 1 is 1.00 bits per heavy atom. The summed E-state index contributed by atoms with van der Waals surface area (Å²) in [6.45, 7) is 8.53. The van der Waals surface area contributed by atoms with E-state index < -0.39 is 0 Å². The van der Waals surface area contributed by atoms with Crippen molar-refractivity contribution in [2.45, 2.75) is 52.7 Å². The van der Waals surface area contributed by atoms with Gasteiger partial charge in [-0.3, -0.25) is 0 Å². The zero-order valence-electron chi connectivity index (χ0n) is 6.98. The third-order valence-electron chi connectivity index (χ3n) is 1.61. The lowest BCUT2D eigenvalue weighted by Crippen LogP contribution is -2.14. The Kier molecular flexibility index (Phi) is 4.78. The Balaban J connectivity index is 3.22. The van der Waals surface area contributed by atoms with Crippen molar-refractivity contribution in [2.75, 3.05) is 0 Å². The van der Waals surface area contributed by atoms with E-state index in [1.165, 1.54) is 0 Å². The first kappa shape index (κ1) is 8.96. The van der Waals surface area contributed by atoms with Crippen LogP contribution in [-0.2, 0) is 4.74 Å². The summed E-state index contributed by atoms with van der Waals surface area (Å²) < 4.78 is 5.55. The maximum Gasteiger partial charge on any atom is 0.0548 e. The van der Waals surface area contributed by atoms with Crippen molar-refractivity contribution in [1.82, 2.24) is 0 Å². The molecule has 0 rings (SSSR count). The molecule has 2 atom stereocenters. The van der Waals surface area contributed by atoms with Gasteiger partial charge < -0.3 is 4.74 Å². The van der Waals surface area contributed by atoms with E-state index in [0.717, 1.165) is 12.8 Å². The highest BCUT2D eigenvalue weighted by Crippen LogP contribution is 2.03. The molecule has 1 heteroatoms. The molecule has 0 aliphatic carbocycles.